The van der Waals surface area contributed by atoms with Crippen molar-refractivity contribution in [3.8, 4) is 0 Å². The Morgan fingerprint density at radius 2 is 2.11 bits per heavy atom. The van der Waals surface area contributed by atoms with E-state index >= 15 is 0 Å². The van der Waals surface area contributed by atoms with Crippen LogP contribution in [0.1, 0.15) is 18.9 Å². The molecule has 0 aromatic heterocycles. The van der Waals surface area contributed by atoms with E-state index in [2.05, 4.69) is 5.32 Å². The van der Waals surface area contributed by atoms with Gasteiger partial charge in [0.2, 0.25) is 11.8 Å². The van der Waals surface area contributed by atoms with E-state index < -0.39 is 0 Å². The summed E-state index contributed by atoms with van der Waals surface area (Å²) in [5, 5.41) is 3.71. The number of rotatable bonds is 2. The third-order valence-corrected chi connectivity index (χ3v) is 3.72. The molecular formula is C13H14Cl2N2O2. The molecule has 19 heavy (non-hydrogen) atoms. The van der Waals surface area contributed by atoms with Gasteiger partial charge in [-0.2, -0.15) is 0 Å². The molecule has 0 aliphatic carbocycles. The van der Waals surface area contributed by atoms with Gasteiger partial charge in [0.25, 0.3) is 0 Å². The lowest BCUT2D eigenvalue weighted by atomic mass is 10.1. The first-order chi connectivity index (χ1) is 8.97. The summed E-state index contributed by atoms with van der Waals surface area (Å²) in [5.41, 5.74) is 0.781. The van der Waals surface area contributed by atoms with Gasteiger partial charge >= 0.3 is 0 Å². The highest BCUT2D eigenvalue weighted by atomic mass is 35.5. The van der Waals surface area contributed by atoms with E-state index in [1.165, 1.54) is 0 Å². The standard InChI is InChI=1S/C13H14Cl2N2O2/c1-8-4-12(18)16-6-13(19)17(8)7-9-5-10(14)2-3-11(9)15/h2-3,5,8H,4,6-7H2,1H3,(H,16,18). The van der Waals surface area contributed by atoms with Crippen LogP contribution < -0.4 is 5.32 Å². The molecule has 2 rings (SSSR count). The number of hydrogen-bond acceptors (Lipinski definition) is 2. The maximum atomic E-state index is 12.0. The Labute approximate surface area is 121 Å². The molecule has 1 aromatic rings. The van der Waals surface area contributed by atoms with Crippen LogP contribution >= 0.6 is 23.2 Å². The molecule has 0 radical (unpaired) electrons. The Hall–Kier alpha value is -1.26. The lowest BCUT2D eigenvalue weighted by Gasteiger charge is -2.26. The predicted octanol–water partition coefficient (Wildman–Crippen LogP) is 2.23. The highest BCUT2D eigenvalue weighted by Crippen LogP contribution is 2.23. The first-order valence-corrected chi connectivity index (χ1v) is 6.73. The third kappa shape index (κ3) is 3.39. The molecule has 1 unspecified atom stereocenters. The maximum Gasteiger partial charge on any atom is 0.242 e. The van der Waals surface area contributed by atoms with E-state index in [1.54, 1.807) is 23.1 Å². The molecule has 1 atom stereocenters. The normalized spacial score (nSPS) is 20.2. The summed E-state index contributed by atoms with van der Waals surface area (Å²) in [6.07, 6.45) is 0.296. The molecule has 1 saturated heterocycles. The van der Waals surface area contributed by atoms with Crippen LogP contribution in [-0.4, -0.2) is 29.3 Å². The SMILES string of the molecule is CC1CC(=O)NCC(=O)N1Cc1cc(Cl)ccc1Cl. The fraction of sp³-hybridized carbons (Fsp3) is 0.385. The Bertz CT molecular complexity index is 519. The summed E-state index contributed by atoms with van der Waals surface area (Å²) in [6, 6.07) is 4.98. The van der Waals surface area contributed by atoms with Crippen molar-refractivity contribution in [3.05, 3.63) is 33.8 Å². The molecule has 0 spiro atoms. The molecule has 1 N–H and O–H groups in total. The number of carbonyl (C=O) groups is 2. The van der Waals surface area contributed by atoms with Crippen molar-refractivity contribution < 1.29 is 9.59 Å². The number of amides is 2. The third-order valence-electron chi connectivity index (χ3n) is 3.12. The van der Waals surface area contributed by atoms with Crippen molar-refractivity contribution in [2.45, 2.75) is 25.9 Å². The lowest BCUT2D eigenvalue weighted by Crippen LogP contribution is -2.39. The molecule has 102 valence electrons. The molecule has 1 heterocycles. The quantitative estimate of drug-likeness (QED) is 0.910. The van der Waals surface area contributed by atoms with Gasteiger partial charge in [0, 0.05) is 29.1 Å². The van der Waals surface area contributed by atoms with Gasteiger partial charge < -0.3 is 10.2 Å². The minimum atomic E-state index is -0.162. The molecule has 1 aromatic carbocycles. The van der Waals surface area contributed by atoms with Crippen LogP contribution in [0.15, 0.2) is 18.2 Å². The minimum Gasteiger partial charge on any atom is -0.347 e. The fourth-order valence-electron chi connectivity index (χ4n) is 2.06. The van der Waals surface area contributed by atoms with Gasteiger partial charge in [-0.3, -0.25) is 9.59 Å². The zero-order chi connectivity index (χ0) is 14.0. The van der Waals surface area contributed by atoms with E-state index in [4.69, 9.17) is 23.2 Å². The topological polar surface area (TPSA) is 49.4 Å². The van der Waals surface area contributed by atoms with Gasteiger partial charge in [-0.15, -0.1) is 0 Å². The number of nitrogens with zero attached hydrogens (tertiary/aromatic N) is 1. The van der Waals surface area contributed by atoms with Crippen LogP contribution in [0.4, 0.5) is 0 Å². The summed E-state index contributed by atoms with van der Waals surface area (Å²) in [7, 11) is 0. The Kier molecular flexibility index (Phi) is 4.32. The van der Waals surface area contributed by atoms with Crippen LogP contribution in [0.5, 0.6) is 0 Å². The number of benzene rings is 1. The summed E-state index contributed by atoms with van der Waals surface area (Å²) in [4.78, 5) is 25.1. The smallest absolute Gasteiger partial charge is 0.242 e. The lowest BCUT2D eigenvalue weighted by molar-refractivity contribution is -0.132. The second-order valence-corrected chi connectivity index (χ2v) is 5.43. The first kappa shape index (κ1) is 14.2. The Morgan fingerprint density at radius 3 is 2.84 bits per heavy atom. The van der Waals surface area contributed by atoms with Crippen molar-refractivity contribution in [3.63, 3.8) is 0 Å². The largest absolute Gasteiger partial charge is 0.347 e. The van der Waals surface area contributed by atoms with Crippen LogP contribution in [0.25, 0.3) is 0 Å². The molecule has 0 saturated carbocycles. The number of halogens is 2. The highest BCUT2D eigenvalue weighted by molar-refractivity contribution is 6.33. The molecule has 1 fully saturated rings. The van der Waals surface area contributed by atoms with Gasteiger partial charge in [-0.05, 0) is 30.7 Å². The van der Waals surface area contributed by atoms with Crippen LogP contribution in [0, 0.1) is 0 Å². The van der Waals surface area contributed by atoms with Gasteiger partial charge in [-0.25, -0.2) is 0 Å². The van der Waals surface area contributed by atoms with Crippen molar-refractivity contribution in [2.75, 3.05) is 6.54 Å². The van der Waals surface area contributed by atoms with Gasteiger partial charge in [0.15, 0.2) is 0 Å². The van der Waals surface area contributed by atoms with E-state index in [9.17, 15) is 9.59 Å². The van der Waals surface area contributed by atoms with Crippen LogP contribution in [0.3, 0.4) is 0 Å². The summed E-state index contributed by atoms with van der Waals surface area (Å²) in [5.74, 6) is -0.227. The Morgan fingerprint density at radius 1 is 1.37 bits per heavy atom. The maximum absolute atomic E-state index is 12.0. The average Bonchev–Trinajstić information content (AvgIpc) is 2.47. The predicted molar refractivity (Wildman–Crippen MR) is 74.1 cm³/mol. The summed E-state index contributed by atoms with van der Waals surface area (Å²) in [6.45, 7) is 2.23. The van der Waals surface area contributed by atoms with Crippen LogP contribution in [0.2, 0.25) is 10.0 Å². The van der Waals surface area contributed by atoms with E-state index in [1.807, 2.05) is 6.92 Å². The first-order valence-electron chi connectivity index (χ1n) is 5.97. The number of nitrogens with one attached hydrogen (secondary N) is 1. The molecule has 1 aliphatic rings. The molecule has 4 nitrogen and oxygen atoms in total. The monoisotopic (exact) mass is 300 g/mol. The van der Waals surface area contributed by atoms with Gasteiger partial charge in [0.05, 0.1) is 6.54 Å². The average molecular weight is 301 g/mol. The van der Waals surface area contributed by atoms with Gasteiger partial charge in [0.1, 0.15) is 0 Å². The fourth-order valence-corrected chi connectivity index (χ4v) is 2.44. The number of hydrogen-bond donors (Lipinski definition) is 1. The van der Waals surface area contributed by atoms with Gasteiger partial charge in [-0.1, -0.05) is 23.2 Å². The zero-order valence-corrected chi connectivity index (χ0v) is 12.0. The minimum absolute atomic E-state index is 0.0291. The summed E-state index contributed by atoms with van der Waals surface area (Å²) >= 11 is 12.0. The van der Waals surface area contributed by atoms with Crippen molar-refractivity contribution in [1.82, 2.24) is 10.2 Å². The molecule has 1 aliphatic heterocycles. The molecule has 6 heteroatoms. The summed E-state index contributed by atoms with van der Waals surface area (Å²) < 4.78 is 0. The molecule has 0 bridgehead atoms. The zero-order valence-electron chi connectivity index (χ0n) is 10.5. The molecular weight excluding hydrogens is 287 g/mol. The van der Waals surface area contributed by atoms with E-state index in [0.717, 1.165) is 5.56 Å². The number of carbonyl (C=O) groups excluding carboxylic acids is 2. The second-order valence-electron chi connectivity index (χ2n) is 4.59. The van der Waals surface area contributed by atoms with E-state index in [-0.39, 0.29) is 24.4 Å². The van der Waals surface area contributed by atoms with E-state index in [0.29, 0.717) is 23.0 Å². The van der Waals surface area contributed by atoms with Crippen molar-refractivity contribution in [1.29, 1.82) is 0 Å². The molecule has 2 amide bonds. The Balaban J connectivity index is 2.22. The van der Waals surface area contributed by atoms with Crippen molar-refractivity contribution in [2.24, 2.45) is 0 Å². The van der Waals surface area contributed by atoms with Crippen molar-refractivity contribution >= 4 is 35.0 Å². The van der Waals surface area contributed by atoms with Crippen LogP contribution in [-0.2, 0) is 16.1 Å². The second kappa shape index (κ2) is 5.80. The highest BCUT2D eigenvalue weighted by Gasteiger charge is 2.26.